The highest BCUT2D eigenvalue weighted by Gasteiger charge is 2.43. The van der Waals surface area contributed by atoms with Gasteiger partial charge in [-0.15, -0.1) is 0 Å². The minimum absolute atomic E-state index is 0.0322. The minimum Gasteiger partial charge on any atom is -0.481 e. The number of rotatable bonds is 4. The highest BCUT2D eigenvalue weighted by molar-refractivity contribution is 5.85. The van der Waals surface area contributed by atoms with Gasteiger partial charge in [-0.1, -0.05) is 12.8 Å². The number of carbonyl (C=O) groups excluding carboxylic acids is 1. The molecular formula is C12H19NO4. The van der Waals surface area contributed by atoms with Crippen molar-refractivity contribution in [2.24, 2.45) is 5.41 Å². The molecule has 0 bridgehead atoms. The van der Waals surface area contributed by atoms with Crippen molar-refractivity contribution >= 4 is 11.9 Å². The van der Waals surface area contributed by atoms with Crippen molar-refractivity contribution in [3.63, 3.8) is 0 Å². The van der Waals surface area contributed by atoms with Crippen LogP contribution in [-0.4, -0.2) is 34.2 Å². The molecule has 2 rings (SSSR count). The van der Waals surface area contributed by atoms with Gasteiger partial charge in [-0.3, -0.25) is 9.59 Å². The number of hydrogen-bond acceptors (Lipinski definition) is 3. The van der Waals surface area contributed by atoms with E-state index in [0.29, 0.717) is 25.7 Å². The predicted octanol–water partition coefficient (Wildman–Crippen LogP) is 0.661. The molecule has 0 saturated heterocycles. The van der Waals surface area contributed by atoms with Crippen molar-refractivity contribution in [2.45, 2.75) is 57.1 Å². The summed E-state index contributed by atoms with van der Waals surface area (Å²) in [7, 11) is 0. The lowest BCUT2D eigenvalue weighted by Crippen LogP contribution is -2.48. The molecule has 96 valence electrons. The van der Waals surface area contributed by atoms with E-state index in [2.05, 4.69) is 5.32 Å². The number of nitrogens with one attached hydrogen (secondary N) is 1. The van der Waals surface area contributed by atoms with Gasteiger partial charge in [0.2, 0.25) is 5.91 Å². The monoisotopic (exact) mass is 241 g/mol. The van der Waals surface area contributed by atoms with Gasteiger partial charge < -0.3 is 15.5 Å². The van der Waals surface area contributed by atoms with Crippen LogP contribution in [-0.2, 0) is 9.59 Å². The summed E-state index contributed by atoms with van der Waals surface area (Å²) in [5.74, 6) is -1.04. The summed E-state index contributed by atoms with van der Waals surface area (Å²) < 4.78 is 0. The second-order valence-corrected chi connectivity index (χ2v) is 5.36. The summed E-state index contributed by atoms with van der Waals surface area (Å²) in [5, 5.41) is 21.1. The average molecular weight is 241 g/mol. The molecule has 0 aromatic rings. The maximum absolute atomic E-state index is 11.8. The van der Waals surface area contributed by atoms with E-state index in [1.807, 2.05) is 0 Å². The van der Waals surface area contributed by atoms with Gasteiger partial charge in [-0.05, 0) is 25.7 Å². The van der Waals surface area contributed by atoms with E-state index >= 15 is 0 Å². The Kier molecular flexibility index (Phi) is 3.38. The fourth-order valence-corrected chi connectivity index (χ4v) is 2.81. The molecule has 2 fully saturated rings. The molecule has 2 aliphatic rings. The molecule has 0 unspecified atom stereocenters. The summed E-state index contributed by atoms with van der Waals surface area (Å²) in [6.45, 7) is 0. The fraction of sp³-hybridized carbons (Fsp3) is 0.833. The van der Waals surface area contributed by atoms with Crippen LogP contribution in [0.1, 0.15) is 44.9 Å². The van der Waals surface area contributed by atoms with E-state index in [4.69, 9.17) is 5.11 Å². The maximum Gasteiger partial charge on any atom is 0.310 e. The van der Waals surface area contributed by atoms with Crippen molar-refractivity contribution in [1.82, 2.24) is 5.32 Å². The first-order valence-corrected chi connectivity index (χ1v) is 6.23. The van der Waals surface area contributed by atoms with Gasteiger partial charge in [0, 0.05) is 12.5 Å². The van der Waals surface area contributed by atoms with Crippen molar-refractivity contribution in [3.05, 3.63) is 0 Å². The average Bonchev–Trinajstić information content (AvgIpc) is 2.65. The third-order valence-corrected chi connectivity index (χ3v) is 3.99. The summed E-state index contributed by atoms with van der Waals surface area (Å²) in [4.78, 5) is 23.0. The quantitative estimate of drug-likeness (QED) is 0.675. The van der Waals surface area contributed by atoms with Crippen LogP contribution in [0.25, 0.3) is 0 Å². The summed E-state index contributed by atoms with van der Waals surface area (Å²) in [6, 6.07) is 0.0322. The second-order valence-electron chi connectivity index (χ2n) is 5.36. The van der Waals surface area contributed by atoms with Gasteiger partial charge in [0.1, 0.15) is 0 Å². The summed E-state index contributed by atoms with van der Waals surface area (Å²) in [5.41, 5.74) is -0.841. The molecule has 0 aromatic carbocycles. The number of aliphatic hydroxyl groups excluding tert-OH is 1. The van der Waals surface area contributed by atoms with Crippen molar-refractivity contribution in [3.8, 4) is 0 Å². The third kappa shape index (κ3) is 2.60. The Balaban J connectivity index is 1.86. The van der Waals surface area contributed by atoms with Crippen LogP contribution in [0, 0.1) is 5.41 Å². The van der Waals surface area contributed by atoms with Crippen molar-refractivity contribution in [2.75, 3.05) is 0 Å². The Morgan fingerprint density at radius 2 is 1.82 bits per heavy atom. The molecule has 0 atom stereocenters. The first kappa shape index (κ1) is 12.4. The zero-order valence-electron chi connectivity index (χ0n) is 9.82. The zero-order valence-corrected chi connectivity index (χ0v) is 9.82. The Bertz CT molecular complexity index is 316. The van der Waals surface area contributed by atoms with Gasteiger partial charge in [0.25, 0.3) is 0 Å². The molecule has 17 heavy (non-hydrogen) atoms. The Morgan fingerprint density at radius 1 is 1.24 bits per heavy atom. The normalized spacial score (nSPS) is 30.6. The van der Waals surface area contributed by atoms with Gasteiger partial charge in [-0.2, -0.15) is 0 Å². The molecule has 5 nitrogen and oxygen atoms in total. The van der Waals surface area contributed by atoms with Crippen molar-refractivity contribution in [1.29, 1.82) is 0 Å². The van der Waals surface area contributed by atoms with E-state index in [0.717, 1.165) is 12.8 Å². The first-order valence-electron chi connectivity index (χ1n) is 6.23. The molecular weight excluding hydrogens is 222 g/mol. The lowest BCUT2D eigenvalue weighted by atomic mass is 9.82. The number of carbonyl (C=O) groups is 2. The SMILES string of the molecule is O=C(CC1(C(=O)O)CCCC1)NC1CC(O)C1. The number of carboxylic acids is 1. The summed E-state index contributed by atoms with van der Waals surface area (Å²) in [6.07, 6.45) is 3.93. The predicted molar refractivity (Wildman–Crippen MR) is 60.3 cm³/mol. The smallest absolute Gasteiger partial charge is 0.310 e. The van der Waals surface area contributed by atoms with Crippen LogP contribution in [0.15, 0.2) is 0 Å². The van der Waals surface area contributed by atoms with E-state index in [-0.39, 0.29) is 24.5 Å². The molecule has 0 radical (unpaired) electrons. The maximum atomic E-state index is 11.8. The topological polar surface area (TPSA) is 86.6 Å². The second kappa shape index (κ2) is 4.64. The van der Waals surface area contributed by atoms with Crippen LogP contribution in [0.3, 0.4) is 0 Å². The van der Waals surface area contributed by atoms with Crippen LogP contribution in [0.2, 0.25) is 0 Å². The standard InChI is InChI=1S/C12H19NO4/c14-9-5-8(6-9)13-10(15)7-12(11(16)17)3-1-2-4-12/h8-9,14H,1-7H2,(H,13,15)(H,16,17). The van der Waals surface area contributed by atoms with Crippen LogP contribution in [0.4, 0.5) is 0 Å². The molecule has 0 spiro atoms. The number of aliphatic carboxylic acids is 1. The molecule has 0 aromatic heterocycles. The largest absolute Gasteiger partial charge is 0.481 e. The van der Waals surface area contributed by atoms with E-state index in [9.17, 15) is 14.7 Å². The van der Waals surface area contributed by atoms with Gasteiger partial charge in [0.15, 0.2) is 0 Å². The van der Waals surface area contributed by atoms with Crippen molar-refractivity contribution < 1.29 is 19.8 Å². The van der Waals surface area contributed by atoms with Gasteiger partial charge in [-0.25, -0.2) is 0 Å². The molecule has 3 N–H and O–H groups in total. The Labute approximate surface area is 100 Å². The van der Waals surface area contributed by atoms with Crippen LogP contribution >= 0.6 is 0 Å². The highest BCUT2D eigenvalue weighted by Crippen LogP contribution is 2.41. The highest BCUT2D eigenvalue weighted by atomic mass is 16.4. The van der Waals surface area contributed by atoms with Crippen LogP contribution in [0.5, 0.6) is 0 Å². The van der Waals surface area contributed by atoms with E-state index in [1.165, 1.54) is 0 Å². The number of carboxylic acid groups (broad SMARTS) is 1. The Morgan fingerprint density at radius 3 is 2.29 bits per heavy atom. The van der Waals surface area contributed by atoms with Gasteiger partial charge >= 0.3 is 5.97 Å². The molecule has 5 heteroatoms. The van der Waals surface area contributed by atoms with Crippen LogP contribution < -0.4 is 5.32 Å². The molecule has 1 amide bonds. The minimum atomic E-state index is -0.848. The molecule has 2 aliphatic carbocycles. The zero-order chi connectivity index (χ0) is 12.5. The first-order chi connectivity index (χ1) is 8.02. The van der Waals surface area contributed by atoms with E-state index < -0.39 is 11.4 Å². The number of aliphatic hydroxyl groups is 1. The fourth-order valence-electron chi connectivity index (χ4n) is 2.81. The summed E-state index contributed by atoms with van der Waals surface area (Å²) >= 11 is 0. The number of amides is 1. The lowest BCUT2D eigenvalue weighted by Gasteiger charge is -2.33. The third-order valence-electron chi connectivity index (χ3n) is 3.99. The molecule has 0 aliphatic heterocycles. The number of hydrogen-bond donors (Lipinski definition) is 3. The van der Waals surface area contributed by atoms with E-state index in [1.54, 1.807) is 0 Å². The molecule has 2 saturated carbocycles. The van der Waals surface area contributed by atoms with Gasteiger partial charge in [0.05, 0.1) is 11.5 Å². The molecule has 0 heterocycles. The Hall–Kier alpha value is -1.10. The lowest BCUT2D eigenvalue weighted by molar-refractivity contribution is -0.151.